The third-order valence-corrected chi connectivity index (χ3v) is 3.87. The highest BCUT2D eigenvalue weighted by Crippen LogP contribution is 2.16. The van der Waals surface area contributed by atoms with E-state index < -0.39 is 0 Å². The fourth-order valence-electron chi connectivity index (χ4n) is 1.79. The topological polar surface area (TPSA) is 59.8 Å². The molecule has 0 unspecified atom stereocenters. The zero-order valence-electron chi connectivity index (χ0n) is 12.1. The molecule has 1 aromatic rings. The van der Waals surface area contributed by atoms with E-state index in [4.69, 9.17) is 0 Å². The van der Waals surface area contributed by atoms with E-state index in [0.717, 1.165) is 30.5 Å². The molecule has 0 fully saturated rings. The van der Waals surface area contributed by atoms with E-state index in [0.29, 0.717) is 5.75 Å². The van der Waals surface area contributed by atoms with Crippen molar-refractivity contribution in [1.82, 2.24) is 20.1 Å². The fourth-order valence-corrected chi connectivity index (χ4v) is 2.67. The molecule has 0 aromatic carbocycles. The molecule has 0 bridgehead atoms. The van der Waals surface area contributed by atoms with Crippen molar-refractivity contribution in [3.8, 4) is 0 Å². The van der Waals surface area contributed by atoms with Crippen molar-refractivity contribution in [3.05, 3.63) is 5.82 Å². The maximum Gasteiger partial charge on any atom is 0.230 e. The van der Waals surface area contributed by atoms with Gasteiger partial charge in [-0.15, -0.1) is 10.2 Å². The molecular weight excluding hydrogens is 260 g/mol. The van der Waals surface area contributed by atoms with Crippen LogP contribution < -0.4 is 5.32 Å². The second-order valence-electron chi connectivity index (χ2n) is 4.47. The normalized spacial score (nSPS) is 10.7. The largest absolute Gasteiger partial charge is 0.355 e. The van der Waals surface area contributed by atoms with E-state index in [1.165, 1.54) is 31.0 Å². The third-order valence-electron chi connectivity index (χ3n) is 2.90. The zero-order chi connectivity index (χ0) is 14.1. The van der Waals surface area contributed by atoms with E-state index in [-0.39, 0.29) is 5.91 Å². The minimum absolute atomic E-state index is 0.0739. The molecule has 1 amide bonds. The summed E-state index contributed by atoms with van der Waals surface area (Å²) in [5.41, 5.74) is 0. The molecule has 0 saturated carbocycles. The lowest BCUT2D eigenvalue weighted by atomic mass is 10.2. The molecular formula is C13H24N4OS. The first-order valence-electron chi connectivity index (χ1n) is 6.98. The summed E-state index contributed by atoms with van der Waals surface area (Å²) in [5, 5.41) is 11.9. The average Bonchev–Trinajstić information content (AvgIpc) is 2.76. The number of amides is 1. The van der Waals surface area contributed by atoms with Crippen LogP contribution in [0.15, 0.2) is 5.16 Å². The molecule has 19 heavy (non-hydrogen) atoms. The van der Waals surface area contributed by atoms with Crippen LogP contribution >= 0.6 is 11.8 Å². The van der Waals surface area contributed by atoms with E-state index in [9.17, 15) is 4.79 Å². The molecule has 1 heterocycles. The molecule has 108 valence electrons. The van der Waals surface area contributed by atoms with Gasteiger partial charge in [-0.2, -0.15) is 0 Å². The van der Waals surface area contributed by atoms with Gasteiger partial charge in [-0.05, 0) is 20.3 Å². The molecule has 1 aromatic heterocycles. The van der Waals surface area contributed by atoms with Crippen LogP contribution in [0.3, 0.4) is 0 Å². The van der Waals surface area contributed by atoms with Crippen LogP contribution in [0.25, 0.3) is 0 Å². The van der Waals surface area contributed by atoms with Crippen molar-refractivity contribution in [2.24, 2.45) is 0 Å². The monoisotopic (exact) mass is 284 g/mol. The number of aryl methyl sites for hydroxylation is 1. The van der Waals surface area contributed by atoms with Gasteiger partial charge in [0, 0.05) is 13.1 Å². The predicted octanol–water partition coefficient (Wildman–Crippen LogP) is 2.40. The Morgan fingerprint density at radius 1 is 1.26 bits per heavy atom. The molecule has 0 radical (unpaired) electrons. The molecule has 5 nitrogen and oxygen atoms in total. The van der Waals surface area contributed by atoms with E-state index >= 15 is 0 Å². The Balaban J connectivity index is 2.22. The number of hydrogen-bond donors (Lipinski definition) is 1. The van der Waals surface area contributed by atoms with Gasteiger partial charge in [-0.3, -0.25) is 4.79 Å². The SMILES string of the molecule is CCCCCCNC(=O)CSc1nnc(C)n1CC. The second kappa shape index (κ2) is 8.96. The van der Waals surface area contributed by atoms with Crippen molar-refractivity contribution in [2.45, 2.75) is 58.2 Å². The first kappa shape index (κ1) is 16.0. The summed E-state index contributed by atoms with van der Waals surface area (Å²) in [6.45, 7) is 7.77. The van der Waals surface area contributed by atoms with Crippen LogP contribution in [0.2, 0.25) is 0 Å². The molecule has 0 aliphatic rings. The summed E-state index contributed by atoms with van der Waals surface area (Å²) in [5.74, 6) is 1.38. The number of nitrogens with one attached hydrogen (secondary N) is 1. The van der Waals surface area contributed by atoms with Crippen LogP contribution in [0.1, 0.15) is 45.4 Å². The number of carbonyl (C=O) groups is 1. The van der Waals surface area contributed by atoms with Gasteiger partial charge in [-0.1, -0.05) is 37.9 Å². The summed E-state index contributed by atoms with van der Waals surface area (Å²) in [6, 6.07) is 0. The molecule has 0 saturated heterocycles. The van der Waals surface area contributed by atoms with Crippen LogP contribution in [-0.2, 0) is 11.3 Å². The number of hydrogen-bond acceptors (Lipinski definition) is 4. The Kier molecular flexibility index (Phi) is 7.55. The van der Waals surface area contributed by atoms with Crippen molar-refractivity contribution in [2.75, 3.05) is 12.3 Å². The van der Waals surface area contributed by atoms with Gasteiger partial charge in [-0.25, -0.2) is 0 Å². The number of carbonyl (C=O) groups excluding carboxylic acids is 1. The van der Waals surface area contributed by atoms with Crippen molar-refractivity contribution >= 4 is 17.7 Å². The van der Waals surface area contributed by atoms with Crippen LogP contribution in [-0.4, -0.2) is 33.0 Å². The van der Waals surface area contributed by atoms with Crippen LogP contribution in [0, 0.1) is 6.92 Å². The lowest BCUT2D eigenvalue weighted by Gasteiger charge is -2.06. The number of aromatic nitrogens is 3. The van der Waals surface area contributed by atoms with Gasteiger partial charge in [0.25, 0.3) is 0 Å². The molecule has 0 aliphatic carbocycles. The first-order valence-corrected chi connectivity index (χ1v) is 7.96. The Labute approximate surface area is 119 Å². The highest BCUT2D eigenvalue weighted by molar-refractivity contribution is 7.99. The van der Waals surface area contributed by atoms with Gasteiger partial charge in [0.15, 0.2) is 5.16 Å². The standard InChI is InChI=1S/C13H24N4OS/c1-4-6-7-8-9-14-12(18)10-19-13-16-15-11(3)17(13)5-2/h4-10H2,1-3H3,(H,14,18). The molecule has 0 spiro atoms. The molecule has 0 atom stereocenters. The summed E-state index contributed by atoms with van der Waals surface area (Å²) in [4.78, 5) is 11.7. The number of unbranched alkanes of at least 4 members (excludes halogenated alkanes) is 3. The van der Waals surface area contributed by atoms with Gasteiger partial charge in [0.1, 0.15) is 5.82 Å². The third kappa shape index (κ3) is 5.63. The molecule has 1 N–H and O–H groups in total. The summed E-state index contributed by atoms with van der Waals surface area (Å²) < 4.78 is 2.01. The lowest BCUT2D eigenvalue weighted by Crippen LogP contribution is -2.26. The average molecular weight is 284 g/mol. The van der Waals surface area contributed by atoms with Crippen molar-refractivity contribution < 1.29 is 4.79 Å². The Morgan fingerprint density at radius 2 is 2.05 bits per heavy atom. The summed E-state index contributed by atoms with van der Waals surface area (Å²) in [7, 11) is 0. The van der Waals surface area contributed by atoms with Crippen LogP contribution in [0.5, 0.6) is 0 Å². The summed E-state index contributed by atoms with van der Waals surface area (Å²) >= 11 is 1.45. The van der Waals surface area contributed by atoms with E-state index in [2.05, 4.69) is 22.4 Å². The Morgan fingerprint density at radius 3 is 2.74 bits per heavy atom. The number of nitrogens with zero attached hydrogens (tertiary/aromatic N) is 3. The Hall–Kier alpha value is -1.04. The molecule has 6 heteroatoms. The highest BCUT2D eigenvalue weighted by atomic mass is 32.2. The van der Waals surface area contributed by atoms with Gasteiger partial charge < -0.3 is 9.88 Å². The van der Waals surface area contributed by atoms with Gasteiger partial charge >= 0.3 is 0 Å². The van der Waals surface area contributed by atoms with Gasteiger partial charge in [0.05, 0.1) is 5.75 Å². The number of rotatable bonds is 9. The van der Waals surface area contributed by atoms with E-state index in [1.807, 2.05) is 18.4 Å². The Bertz CT molecular complexity index is 392. The zero-order valence-corrected chi connectivity index (χ0v) is 12.9. The maximum atomic E-state index is 11.7. The molecule has 0 aliphatic heterocycles. The predicted molar refractivity (Wildman–Crippen MR) is 78.3 cm³/mol. The van der Waals surface area contributed by atoms with Crippen LogP contribution in [0.4, 0.5) is 0 Å². The van der Waals surface area contributed by atoms with Gasteiger partial charge in [0.2, 0.25) is 5.91 Å². The molecule has 1 rings (SSSR count). The number of thioether (sulfide) groups is 1. The van der Waals surface area contributed by atoms with Crippen molar-refractivity contribution in [3.63, 3.8) is 0 Å². The van der Waals surface area contributed by atoms with E-state index in [1.54, 1.807) is 0 Å². The quantitative estimate of drug-likeness (QED) is 0.559. The van der Waals surface area contributed by atoms with Crippen molar-refractivity contribution in [1.29, 1.82) is 0 Å². The second-order valence-corrected chi connectivity index (χ2v) is 5.42. The maximum absolute atomic E-state index is 11.7. The minimum atomic E-state index is 0.0739. The first-order chi connectivity index (χ1) is 9.19. The summed E-state index contributed by atoms with van der Waals surface area (Å²) in [6.07, 6.45) is 4.71. The smallest absolute Gasteiger partial charge is 0.230 e. The fraction of sp³-hybridized carbons (Fsp3) is 0.769. The highest BCUT2D eigenvalue weighted by Gasteiger charge is 2.09. The lowest BCUT2D eigenvalue weighted by molar-refractivity contribution is -0.118. The minimum Gasteiger partial charge on any atom is -0.355 e.